The van der Waals surface area contributed by atoms with Crippen molar-refractivity contribution in [2.75, 3.05) is 25.2 Å². The van der Waals surface area contributed by atoms with Crippen LogP contribution in [0.2, 0.25) is 18.6 Å². The molecule has 284 valence electrons. The summed E-state index contributed by atoms with van der Waals surface area (Å²) < 4.78 is 18.7. The molecule has 0 aliphatic carbocycles. The molecule has 9 heteroatoms. The first-order valence-corrected chi connectivity index (χ1v) is 22.3. The van der Waals surface area contributed by atoms with E-state index in [1.165, 1.54) is 5.19 Å². The van der Waals surface area contributed by atoms with Gasteiger partial charge < -0.3 is 24.2 Å². The van der Waals surface area contributed by atoms with E-state index in [0.29, 0.717) is 29.3 Å². The van der Waals surface area contributed by atoms with E-state index in [1.54, 1.807) is 23.0 Å². The van der Waals surface area contributed by atoms with Gasteiger partial charge in [0.25, 0.3) is 5.91 Å². The van der Waals surface area contributed by atoms with Crippen molar-refractivity contribution in [2.45, 2.75) is 63.6 Å². The Balaban J connectivity index is 1.14. The Hall–Kier alpha value is -5.22. The highest BCUT2D eigenvalue weighted by molar-refractivity contribution is 6.91. The first-order chi connectivity index (χ1) is 26.7. The number of aliphatic hydroxyl groups is 1. The highest BCUT2D eigenvalue weighted by Gasteiger charge is 2.51. The maximum atomic E-state index is 14.1. The van der Waals surface area contributed by atoms with Gasteiger partial charge in [-0.15, -0.1) is 0 Å². The number of anilines is 2. The molecule has 0 aromatic heterocycles. The summed E-state index contributed by atoms with van der Waals surface area (Å²) in [7, 11) is -0.537. The molecule has 0 unspecified atom stereocenters. The first-order valence-electron chi connectivity index (χ1n) is 19.2. The summed E-state index contributed by atoms with van der Waals surface area (Å²) in [4.78, 5) is 31.7. The van der Waals surface area contributed by atoms with E-state index in [1.807, 2.05) is 97.1 Å². The van der Waals surface area contributed by atoms with E-state index in [4.69, 9.17) is 14.2 Å². The molecule has 1 fully saturated rings. The normalized spacial score (nSPS) is 19.2. The lowest BCUT2D eigenvalue weighted by Gasteiger charge is -2.36. The minimum atomic E-state index is -2.22. The van der Waals surface area contributed by atoms with Crippen molar-refractivity contribution in [1.82, 2.24) is 4.90 Å². The van der Waals surface area contributed by atoms with Crippen molar-refractivity contribution in [1.29, 1.82) is 0 Å². The topological polar surface area (TPSA) is 88.5 Å². The van der Waals surface area contributed by atoms with Crippen LogP contribution in [-0.2, 0) is 22.5 Å². The molecule has 2 heterocycles. The third kappa shape index (κ3) is 8.10. The predicted molar refractivity (Wildman–Crippen MR) is 219 cm³/mol. The minimum Gasteiger partial charge on any atom is -0.497 e. The lowest BCUT2D eigenvalue weighted by molar-refractivity contribution is -0.135. The average molecular weight is 755 g/mol. The molecule has 55 heavy (non-hydrogen) atoms. The molecule has 5 aromatic rings. The van der Waals surface area contributed by atoms with Gasteiger partial charge in [0.15, 0.2) is 5.75 Å². The van der Waals surface area contributed by atoms with Crippen LogP contribution in [0.15, 0.2) is 127 Å². The second-order valence-corrected chi connectivity index (χ2v) is 19.9. The number of para-hydroxylation sites is 3. The number of rotatable bonds is 13. The van der Waals surface area contributed by atoms with Crippen molar-refractivity contribution in [3.8, 4) is 17.2 Å². The van der Waals surface area contributed by atoms with Crippen LogP contribution >= 0.6 is 0 Å². The molecule has 2 amide bonds. The summed E-state index contributed by atoms with van der Waals surface area (Å²) in [6.45, 7) is 7.65. The Morgan fingerprint density at radius 3 is 2.27 bits per heavy atom. The van der Waals surface area contributed by atoms with Crippen LogP contribution in [-0.4, -0.2) is 62.4 Å². The number of aliphatic hydroxyl groups excluding tert-OH is 1. The van der Waals surface area contributed by atoms with Gasteiger partial charge >= 0.3 is 0 Å². The molecule has 2 aliphatic heterocycles. The predicted octanol–water partition coefficient (Wildman–Crippen LogP) is 8.51. The van der Waals surface area contributed by atoms with Gasteiger partial charge in [0, 0.05) is 18.8 Å². The second kappa shape index (κ2) is 16.6. The van der Waals surface area contributed by atoms with Crippen LogP contribution < -0.4 is 19.6 Å². The molecule has 0 saturated carbocycles. The molecule has 0 spiro atoms. The van der Waals surface area contributed by atoms with Gasteiger partial charge in [-0.3, -0.25) is 14.5 Å². The lowest BCUT2D eigenvalue weighted by Crippen LogP contribution is -2.51. The number of methoxy groups -OCH3 is 1. The van der Waals surface area contributed by atoms with Crippen LogP contribution in [0.4, 0.5) is 11.4 Å². The van der Waals surface area contributed by atoms with E-state index in [9.17, 15) is 14.7 Å². The van der Waals surface area contributed by atoms with Gasteiger partial charge in [-0.1, -0.05) is 104 Å². The first kappa shape index (κ1) is 38.1. The monoisotopic (exact) mass is 754 g/mol. The quantitative estimate of drug-likeness (QED) is 0.121. The molecule has 1 saturated heterocycles. The number of aryl methyl sites for hydroxylation is 1. The zero-order valence-corrected chi connectivity index (χ0v) is 33.1. The van der Waals surface area contributed by atoms with Crippen LogP contribution in [0, 0.1) is 5.92 Å². The maximum Gasteiger partial charge on any atom is 0.266 e. The molecular weight excluding hydrogens is 705 g/mol. The molecule has 5 aromatic carbocycles. The third-order valence-electron chi connectivity index (χ3n) is 11.4. The number of hydrogen-bond donors (Lipinski definition) is 1. The summed E-state index contributed by atoms with van der Waals surface area (Å²) in [6, 6.07) is 41.5. The summed E-state index contributed by atoms with van der Waals surface area (Å²) >= 11 is 0. The van der Waals surface area contributed by atoms with Gasteiger partial charge in [0.1, 0.15) is 11.5 Å². The fourth-order valence-electron chi connectivity index (χ4n) is 8.59. The summed E-state index contributed by atoms with van der Waals surface area (Å²) in [5, 5.41) is 11.2. The fourth-order valence-corrected chi connectivity index (χ4v) is 12.7. The summed E-state index contributed by atoms with van der Waals surface area (Å²) in [5.74, 6) is 2.01. The van der Waals surface area contributed by atoms with E-state index in [2.05, 4.69) is 44.3 Å². The number of carbonyl (C=O) groups is 2. The number of fused-ring (bicyclic) bond motifs is 2. The van der Waals surface area contributed by atoms with Crippen LogP contribution in [0.25, 0.3) is 0 Å². The van der Waals surface area contributed by atoms with Crippen LogP contribution in [0.1, 0.15) is 41.3 Å². The van der Waals surface area contributed by atoms with E-state index in [0.717, 1.165) is 35.4 Å². The van der Waals surface area contributed by atoms with Gasteiger partial charge in [0.05, 0.1) is 51.7 Å². The molecule has 0 radical (unpaired) electrons. The van der Waals surface area contributed by atoms with E-state index in [-0.39, 0.29) is 55.1 Å². The zero-order valence-electron chi connectivity index (χ0n) is 32.1. The van der Waals surface area contributed by atoms with Gasteiger partial charge in [0.2, 0.25) is 5.91 Å². The summed E-state index contributed by atoms with van der Waals surface area (Å²) in [5.41, 5.74) is 4.26. The molecule has 2 aliphatic rings. The molecule has 8 nitrogen and oxygen atoms in total. The van der Waals surface area contributed by atoms with Crippen molar-refractivity contribution < 1.29 is 28.9 Å². The molecule has 1 N–H and O–H groups in total. The highest BCUT2D eigenvalue weighted by Crippen LogP contribution is 2.47. The lowest BCUT2D eigenvalue weighted by atomic mass is 9.94. The molecule has 0 bridgehead atoms. The van der Waals surface area contributed by atoms with Crippen molar-refractivity contribution in [3.05, 3.63) is 144 Å². The Morgan fingerprint density at radius 1 is 0.836 bits per heavy atom. The number of amides is 2. The number of carbonyl (C=O) groups excluding carboxylic acids is 2. The highest BCUT2D eigenvalue weighted by atomic mass is 28.3. The van der Waals surface area contributed by atoms with Gasteiger partial charge in [-0.05, 0) is 84.0 Å². The Kier molecular flexibility index (Phi) is 11.5. The standard InChI is InChI=1S/C46H50N2O6Si/c1-32-40(26-21-33-15-12-16-35(29-33)48-39-18-9-11-20-42(39)54-41-19-10-8-17-38(41)46(48)51)53-43(45(32)55(3,4)37-24-22-36(52-2)23-25-37)30-44(50)47(27-28-49)31-34-13-6-5-7-14-34/h5-20,22-25,29,32,40,43,45,49H,21,26-28,30-31H2,1-4H3/t32-,40+,43-,45+/m1/s1. The number of ether oxygens (including phenoxy) is 3. The van der Waals surface area contributed by atoms with Crippen molar-refractivity contribution in [3.63, 3.8) is 0 Å². The number of hydrogen-bond acceptors (Lipinski definition) is 6. The number of benzene rings is 5. The van der Waals surface area contributed by atoms with Crippen molar-refractivity contribution in [2.24, 2.45) is 5.92 Å². The SMILES string of the molecule is COc1ccc([Si](C)(C)[C@H]2[C@H](C)[C@H](CCc3cccc(N4C(=O)c5ccccc5Oc5ccccc54)c3)O[C@@H]2CC(=O)N(CCO)Cc2ccccc2)cc1. The fraction of sp³-hybridized carbons (Fsp3) is 0.304. The second-order valence-electron chi connectivity index (χ2n) is 15.2. The number of nitrogens with zero attached hydrogens (tertiary/aromatic N) is 2. The minimum absolute atomic E-state index is 0.0130. The largest absolute Gasteiger partial charge is 0.497 e. The van der Waals surface area contributed by atoms with E-state index >= 15 is 0 Å². The average Bonchev–Trinajstić information content (AvgIpc) is 3.45. The molecular formula is C46H50N2O6Si. The Bertz CT molecular complexity index is 2110. The zero-order chi connectivity index (χ0) is 38.5. The van der Waals surface area contributed by atoms with Gasteiger partial charge in [-0.2, -0.15) is 0 Å². The van der Waals surface area contributed by atoms with E-state index < -0.39 is 8.07 Å². The molecule has 7 rings (SSSR count). The van der Waals surface area contributed by atoms with Crippen LogP contribution in [0.5, 0.6) is 17.2 Å². The van der Waals surface area contributed by atoms with Crippen LogP contribution in [0.3, 0.4) is 0 Å². The Morgan fingerprint density at radius 2 is 1.53 bits per heavy atom. The molecule has 4 atom stereocenters. The van der Waals surface area contributed by atoms with Gasteiger partial charge in [-0.25, -0.2) is 0 Å². The van der Waals surface area contributed by atoms with Crippen molar-refractivity contribution >= 4 is 36.4 Å². The smallest absolute Gasteiger partial charge is 0.266 e. The Labute approximate surface area is 325 Å². The summed E-state index contributed by atoms with van der Waals surface area (Å²) in [6.07, 6.45) is 1.41. The third-order valence-corrected chi connectivity index (χ3v) is 15.8. The maximum absolute atomic E-state index is 14.1.